The van der Waals surface area contributed by atoms with Crippen LogP contribution in [-0.4, -0.2) is 31.6 Å². The third kappa shape index (κ3) is 3.91. The van der Waals surface area contributed by atoms with E-state index in [4.69, 9.17) is 16.3 Å². The van der Waals surface area contributed by atoms with Crippen LogP contribution in [0.2, 0.25) is 5.02 Å². The van der Waals surface area contributed by atoms with Gasteiger partial charge in [0.15, 0.2) is 6.61 Å². The SMILES string of the molecule is O=C(COc1ccc(Cl)cc1)NC1CC[N]C1. The second kappa shape index (κ2) is 5.89. The van der Waals surface area contributed by atoms with Gasteiger partial charge in [0, 0.05) is 24.2 Å². The number of ether oxygens (including phenoxy) is 1. The summed E-state index contributed by atoms with van der Waals surface area (Å²) in [4.78, 5) is 11.5. The second-order valence-electron chi connectivity index (χ2n) is 3.93. The Kier molecular flexibility index (Phi) is 4.23. The first-order valence-electron chi connectivity index (χ1n) is 5.55. The number of amides is 1. The lowest BCUT2D eigenvalue weighted by Gasteiger charge is -2.11. The van der Waals surface area contributed by atoms with E-state index in [1.165, 1.54) is 0 Å². The Bertz CT molecular complexity index is 375. The van der Waals surface area contributed by atoms with Gasteiger partial charge in [0.2, 0.25) is 0 Å². The highest BCUT2D eigenvalue weighted by atomic mass is 35.5. The topological polar surface area (TPSA) is 52.4 Å². The predicted molar refractivity (Wildman–Crippen MR) is 65.4 cm³/mol. The lowest BCUT2D eigenvalue weighted by atomic mass is 10.2. The lowest BCUT2D eigenvalue weighted by molar-refractivity contribution is -0.123. The van der Waals surface area contributed by atoms with E-state index in [2.05, 4.69) is 10.6 Å². The molecule has 1 aromatic carbocycles. The third-order valence-corrected chi connectivity index (χ3v) is 2.79. The molecule has 1 saturated heterocycles. The quantitative estimate of drug-likeness (QED) is 0.877. The highest BCUT2D eigenvalue weighted by molar-refractivity contribution is 6.30. The summed E-state index contributed by atoms with van der Waals surface area (Å²) in [7, 11) is 0. The molecule has 5 heteroatoms. The van der Waals surface area contributed by atoms with Crippen LogP contribution in [0.4, 0.5) is 0 Å². The lowest BCUT2D eigenvalue weighted by Crippen LogP contribution is -2.38. The summed E-state index contributed by atoms with van der Waals surface area (Å²) in [5.74, 6) is 0.530. The van der Waals surface area contributed by atoms with Crippen molar-refractivity contribution in [2.24, 2.45) is 0 Å². The zero-order valence-corrected chi connectivity index (χ0v) is 10.1. The molecule has 0 aromatic heterocycles. The van der Waals surface area contributed by atoms with Crippen LogP contribution < -0.4 is 15.4 Å². The summed E-state index contributed by atoms with van der Waals surface area (Å²) in [6, 6.07) is 7.10. The maximum Gasteiger partial charge on any atom is 0.258 e. The molecule has 1 heterocycles. The average molecular weight is 254 g/mol. The summed E-state index contributed by atoms with van der Waals surface area (Å²) in [5.41, 5.74) is 0. The van der Waals surface area contributed by atoms with E-state index in [1.807, 2.05) is 0 Å². The van der Waals surface area contributed by atoms with Gasteiger partial charge < -0.3 is 10.1 Å². The first kappa shape index (κ1) is 12.2. The van der Waals surface area contributed by atoms with Crippen molar-refractivity contribution in [1.29, 1.82) is 0 Å². The number of benzene rings is 1. The van der Waals surface area contributed by atoms with Crippen LogP contribution in [0, 0.1) is 0 Å². The van der Waals surface area contributed by atoms with Gasteiger partial charge in [0.25, 0.3) is 5.91 Å². The summed E-state index contributed by atoms with van der Waals surface area (Å²) in [5, 5.41) is 7.70. The number of nitrogens with zero attached hydrogens (tertiary/aromatic N) is 1. The highest BCUT2D eigenvalue weighted by Crippen LogP contribution is 2.15. The molecule has 17 heavy (non-hydrogen) atoms. The molecule has 0 saturated carbocycles. The molecule has 0 bridgehead atoms. The van der Waals surface area contributed by atoms with E-state index >= 15 is 0 Å². The van der Waals surface area contributed by atoms with Gasteiger partial charge in [0.1, 0.15) is 5.75 Å². The van der Waals surface area contributed by atoms with Crippen molar-refractivity contribution in [2.75, 3.05) is 19.7 Å². The first-order valence-corrected chi connectivity index (χ1v) is 5.93. The van der Waals surface area contributed by atoms with E-state index in [-0.39, 0.29) is 18.6 Å². The zero-order valence-electron chi connectivity index (χ0n) is 9.36. The predicted octanol–water partition coefficient (Wildman–Crippen LogP) is 1.21. The van der Waals surface area contributed by atoms with Crippen molar-refractivity contribution in [3.05, 3.63) is 29.3 Å². The third-order valence-electron chi connectivity index (χ3n) is 2.53. The largest absolute Gasteiger partial charge is 0.484 e. The second-order valence-corrected chi connectivity index (χ2v) is 4.36. The molecule has 0 aliphatic carbocycles. The van der Waals surface area contributed by atoms with Crippen LogP contribution in [0.25, 0.3) is 0 Å². The number of nitrogens with one attached hydrogen (secondary N) is 1. The van der Waals surface area contributed by atoms with Crippen molar-refractivity contribution in [3.63, 3.8) is 0 Å². The van der Waals surface area contributed by atoms with Crippen molar-refractivity contribution in [3.8, 4) is 5.75 Å². The zero-order chi connectivity index (χ0) is 12.1. The molecule has 1 atom stereocenters. The molecule has 1 aliphatic heterocycles. The molecule has 4 nitrogen and oxygen atoms in total. The summed E-state index contributed by atoms with van der Waals surface area (Å²) < 4.78 is 5.33. The number of halogens is 1. The normalized spacial score (nSPS) is 19.0. The van der Waals surface area contributed by atoms with Gasteiger partial charge in [-0.2, -0.15) is 0 Å². The molecule has 2 rings (SSSR count). The van der Waals surface area contributed by atoms with Crippen LogP contribution in [0.1, 0.15) is 6.42 Å². The van der Waals surface area contributed by atoms with Crippen molar-refractivity contribution < 1.29 is 9.53 Å². The number of hydrogen-bond acceptors (Lipinski definition) is 2. The molecular weight excluding hydrogens is 240 g/mol. The van der Waals surface area contributed by atoms with Gasteiger partial charge in [-0.25, -0.2) is 5.32 Å². The summed E-state index contributed by atoms with van der Waals surface area (Å²) >= 11 is 5.74. The van der Waals surface area contributed by atoms with E-state index in [0.717, 1.165) is 13.0 Å². The Morgan fingerprint density at radius 3 is 2.88 bits per heavy atom. The van der Waals surface area contributed by atoms with Crippen LogP contribution in [0.5, 0.6) is 5.75 Å². The van der Waals surface area contributed by atoms with Gasteiger partial charge in [-0.3, -0.25) is 4.79 Å². The minimum absolute atomic E-state index is 0.0259. The average Bonchev–Trinajstić information content (AvgIpc) is 2.81. The standard InChI is InChI=1S/C12H14ClN2O2/c13-9-1-3-11(4-2-9)17-8-12(16)15-10-5-6-14-7-10/h1-4,10H,5-8H2,(H,15,16). The van der Waals surface area contributed by atoms with Crippen LogP contribution >= 0.6 is 11.6 Å². The first-order chi connectivity index (χ1) is 8.24. The van der Waals surface area contributed by atoms with Crippen LogP contribution in [0.15, 0.2) is 24.3 Å². The molecule has 1 amide bonds. The molecule has 1 radical (unpaired) electrons. The fourth-order valence-corrected chi connectivity index (χ4v) is 1.78. The van der Waals surface area contributed by atoms with Crippen molar-refractivity contribution in [1.82, 2.24) is 10.6 Å². The molecule has 1 aliphatic rings. The molecule has 91 valence electrons. The van der Waals surface area contributed by atoms with E-state index in [1.54, 1.807) is 24.3 Å². The maximum absolute atomic E-state index is 11.5. The van der Waals surface area contributed by atoms with Gasteiger partial charge in [0.05, 0.1) is 0 Å². The van der Waals surface area contributed by atoms with Gasteiger partial charge in [-0.1, -0.05) is 11.6 Å². The Hall–Kier alpha value is -1.26. The number of carbonyl (C=O) groups excluding carboxylic acids is 1. The van der Waals surface area contributed by atoms with Crippen molar-refractivity contribution >= 4 is 17.5 Å². The minimum atomic E-state index is -0.109. The summed E-state index contributed by atoms with van der Waals surface area (Å²) in [6.45, 7) is 1.58. The number of carbonyl (C=O) groups is 1. The Balaban J connectivity index is 1.73. The summed E-state index contributed by atoms with van der Waals surface area (Å²) in [6.07, 6.45) is 0.923. The van der Waals surface area contributed by atoms with Crippen LogP contribution in [0.3, 0.4) is 0 Å². The molecule has 1 fully saturated rings. The Morgan fingerprint density at radius 1 is 1.47 bits per heavy atom. The molecule has 1 aromatic rings. The molecule has 1 N–H and O–H groups in total. The van der Waals surface area contributed by atoms with E-state index in [9.17, 15) is 4.79 Å². The smallest absolute Gasteiger partial charge is 0.258 e. The van der Waals surface area contributed by atoms with Crippen molar-refractivity contribution in [2.45, 2.75) is 12.5 Å². The number of rotatable bonds is 4. The van der Waals surface area contributed by atoms with E-state index in [0.29, 0.717) is 17.3 Å². The van der Waals surface area contributed by atoms with Gasteiger partial charge in [-0.15, -0.1) is 0 Å². The van der Waals surface area contributed by atoms with Crippen LogP contribution in [-0.2, 0) is 4.79 Å². The molecule has 1 unspecified atom stereocenters. The maximum atomic E-state index is 11.5. The minimum Gasteiger partial charge on any atom is -0.484 e. The fourth-order valence-electron chi connectivity index (χ4n) is 1.65. The molecular formula is C12H14ClN2O2. The highest BCUT2D eigenvalue weighted by Gasteiger charge is 2.17. The van der Waals surface area contributed by atoms with Gasteiger partial charge in [-0.05, 0) is 30.7 Å². The number of hydrogen-bond donors (Lipinski definition) is 1. The van der Waals surface area contributed by atoms with E-state index < -0.39 is 0 Å². The Labute approximate surface area is 105 Å². The fraction of sp³-hybridized carbons (Fsp3) is 0.417. The van der Waals surface area contributed by atoms with Gasteiger partial charge >= 0.3 is 0 Å². The monoisotopic (exact) mass is 253 g/mol. The molecule has 0 spiro atoms. The Morgan fingerprint density at radius 2 is 2.24 bits per heavy atom.